The molecule has 3 nitrogen and oxygen atoms in total. The molecule has 1 aliphatic heterocycles. The van der Waals surface area contributed by atoms with Gasteiger partial charge in [0.25, 0.3) is 0 Å². The van der Waals surface area contributed by atoms with Gasteiger partial charge in [0.2, 0.25) is 5.91 Å². The predicted molar refractivity (Wildman–Crippen MR) is 86.9 cm³/mol. The summed E-state index contributed by atoms with van der Waals surface area (Å²) >= 11 is 3.55. The lowest BCUT2D eigenvalue weighted by Crippen LogP contribution is -2.14. The van der Waals surface area contributed by atoms with Crippen LogP contribution in [0.5, 0.6) is 5.75 Å². The molecule has 21 heavy (non-hydrogen) atoms. The zero-order valence-corrected chi connectivity index (χ0v) is 13.5. The van der Waals surface area contributed by atoms with Crippen LogP contribution in [0.25, 0.3) is 0 Å². The summed E-state index contributed by atoms with van der Waals surface area (Å²) in [4.78, 5) is 12.3. The maximum absolute atomic E-state index is 12.3. The van der Waals surface area contributed by atoms with Gasteiger partial charge in [-0.2, -0.15) is 0 Å². The van der Waals surface area contributed by atoms with Crippen molar-refractivity contribution < 1.29 is 9.53 Å². The third-order valence-electron chi connectivity index (χ3n) is 3.92. The van der Waals surface area contributed by atoms with Crippen LogP contribution in [0.15, 0.2) is 40.9 Å². The molecule has 0 saturated heterocycles. The molecule has 0 saturated carbocycles. The second kappa shape index (κ2) is 5.53. The number of aryl methyl sites for hydroxylation is 1. The summed E-state index contributed by atoms with van der Waals surface area (Å²) in [6, 6.07) is 11.9. The average Bonchev–Trinajstić information content (AvgIpc) is 2.79. The molecule has 0 bridgehead atoms. The Kier molecular flexibility index (Phi) is 3.72. The van der Waals surface area contributed by atoms with E-state index in [-0.39, 0.29) is 11.8 Å². The smallest absolute Gasteiger partial charge is 0.232 e. The van der Waals surface area contributed by atoms with Gasteiger partial charge in [-0.3, -0.25) is 4.79 Å². The van der Waals surface area contributed by atoms with Crippen LogP contribution in [0, 0.1) is 6.92 Å². The molecule has 0 radical (unpaired) electrons. The van der Waals surface area contributed by atoms with Crippen molar-refractivity contribution in [3.8, 4) is 5.75 Å². The fourth-order valence-electron chi connectivity index (χ4n) is 2.76. The fraction of sp³-hybridized carbons (Fsp3) is 0.235. The van der Waals surface area contributed by atoms with E-state index in [2.05, 4.69) is 21.2 Å². The molecule has 0 unspecified atom stereocenters. The molecule has 108 valence electrons. The molecular weight excluding hydrogens is 330 g/mol. The maximum atomic E-state index is 12.3. The molecule has 1 atom stereocenters. The maximum Gasteiger partial charge on any atom is 0.232 e. The lowest BCUT2D eigenvalue weighted by Gasteiger charge is -2.12. The number of rotatable bonds is 3. The molecule has 2 aromatic rings. The quantitative estimate of drug-likeness (QED) is 0.911. The lowest BCUT2D eigenvalue weighted by molar-refractivity contribution is -0.117. The van der Waals surface area contributed by atoms with Gasteiger partial charge in [-0.25, -0.2) is 0 Å². The largest absolute Gasteiger partial charge is 0.497 e. The second-order valence-corrected chi connectivity index (χ2v) is 6.10. The first kappa shape index (κ1) is 14.1. The standard InChI is InChI=1S/C17H16BrNO2/c1-10-4-3-5-13-14(17(20)19-16(10)13)9-11-8-12(21-2)6-7-15(11)18/h3-8,14H,9H2,1-2H3,(H,19,20)/t14-/m1/s1. The predicted octanol–water partition coefficient (Wildman–Crippen LogP) is 4.04. The SMILES string of the molecule is COc1ccc(Br)c(C[C@H]2C(=O)Nc3c(C)cccc32)c1. The van der Waals surface area contributed by atoms with Gasteiger partial charge < -0.3 is 10.1 Å². The molecule has 0 spiro atoms. The normalized spacial score (nSPS) is 16.5. The van der Waals surface area contributed by atoms with E-state index in [4.69, 9.17) is 4.74 Å². The average molecular weight is 346 g/mol. The summed E-state index contributed by atoms with van der Waals surface area (Å²) < 4.78 is 6.27. The number of hydrogen-bond acceptors (Lipinski definition) is 2. The van der Waals surface area contributed by atoms with E-state index in [0.29, 0.717) is 6.42 Å². The molecule has 1 heterocycles. The Morgan fingerprint density at radius 1 is 1.29 bits per heavy atom. The first-order valence-corrected chi connectivity index (χ1v) is 7.62. The number of fused-ring (bicyclic) bond motifs is 1. The number of nitrogens with one attached hydrogen (secondary N) is 1. The van der Waals surface area contributed by atoms with Crippen molar-refractivity contribution in [2.75, 3.05) is 12.4 Å². The van der Waals surface area contributed by atoms with Crippen LogP contribution in [0.4, 0.5) is 5.69 Å². The van der Waals surface area contributed by atoms with E-state index < -0.39 is 0 Å². The van der Waals surface area contributed by atoms with Crippen molar-refractivity contribution in [3.05, 3.63) is 57.6 Å². The fourth-order valence-corrected chi connectivity index (χ4v) is 3.17. The monoisotopic (exact) mass is 345 g/mol. The van der Waals surface area contributed by atoms with Crippen LogP contribution in [0.2, 0.25) is 0 Å². The van der Waals surface area contributed by atoms with Gasteiger partial charge in [0, 0.05) is 10.2 Å². The van der Waals surface area contributed by atoms with Crippen LogP contribution in [0.1, 0.15) is 22.6 Å². The third kappa shape index (κ3) is 2.56. The van der Waals surface area contributed by atoms with Gasteiger partial charge in [-0.05, 0) is 48.2 Å². The number of halogens is 1. The molecule has 3 rings (SSSR count). The highest BCUT2D eigenvalue weighted by molar-refractivity contribution is 9.10. The Hall–Kier alpha value is -1.81. The summed E-state index contributed by atoms with van der Waals surface area (Å²) in [7, 11) is 1.65. The Labute approximate surface area is 132 Å². The molecule has 0 fully saturated rings. The van der Waals surface area contributed by atoms with Crippen molar-refractivity contribution in [3.63, 3.8) is 0 Å². The Bertz CT molecular complexity index is 712. The van der Waals surface area contributed by atoms with Crippen LogP contribution in [-0.2, 0) is 11.2 Å². The van der Waals surface area contributed by atoms with Gasteiger partial charge in [0.05, 0.1) is 13.0 Å². The van der Waals surface area contributed by atoms with Gasteiger partial charge in [0.1, 0.15) is 5.75 Å². The van der Waals surface area contributed by atoms with Gasteiger partial charge in [0.15, 0.2) is 0 Å². The van der Waals surface area contributed by atoms with Crippen molar-refractivity contribution in [1.82, 2.24) is 0 Å². The number of carbonyl (C=O) groups excluding carboxylic acids is 1. The number of benzene rings is 2. The van der Waals surface area contributed by atoms with Crippen molar-refractivity contribution in [1.29, 1.82) is 0 Å². The number of methoxy groups -OCH3 is 1. The lowest BCUT2D eigenvalue weighted by atomic mass is 9.92. The first-order valence-electron chi connectivity index (χ1n) is 6.83. The minimum absolute atomic E-state index is 0.0639. The number of ether oxygens (including phenoxy) is 1. The van der Waals surface area contributed by atoms with E-state index in [9.17, 15) is 4.79 Å². The molecule has 4 heteroatoms. The van der Waals surface area contributed by atoms with Crippen molar-refractivity contribution in [2.24, 2.45) is 0 Å². The zero-order valence-electron chi connectivity index (χ0n) is 11.9. The summed E-state index contributed by atoms with van der Waals surface area (Å²) in [6.07, 6.45) is 0.653. The molecule has 1 aliphatic rings. The highest BCUT2D eigenvalue weighted by Gasteiger charge is 2.31. The van der Waals surface area contributed by atoms with Crippen molar-refractivity contribution in [2.45, 2.75) is 19.3 Å². The molecule has 2 aromatic carbocycles. The van der Waals surface area contributed by atoms with Crippen LogP contribution < -0.4 is 10.1 Å². The molecule has 0 aromatic heterocycles. The van der Waals surface area contributed by atoms with E-state index in [1.165, 1.54) is 0 Å². The summed E-state index contributed by atoms with van der Waals surface area (Å²) in [5.41, 5.74) is 4.22. The van der Waals surface area contributed by atoms with E-state index in [1.807, 2.05) is 43.3 Å². The molecule has 1 amide bonds. The summed E-state index contributed by atoms with van der Waals surface area (Å²) in [6.45, 7) is 2.02. The molecular formula is C17H16BrNO2. The number of para-hydroxylation sites is 1. The van der Waals surface area contributed by atoms with Crippen LogP contribution in [-0.4, -0.2) is 13.0 Å². The van der Waals surface area contributed by atoms with Crippen molar-refractivity contribution >= 4 is 27.5 Å². The number of anilines is 1. The second-order valence-electron chi connectivity index (χ2n) is 5.24. The topological polar surface area (TPSA) is 38.3 Å². The van der Waals surface area contributed by atoms with Crippen LogP contribution >= 0.6 is 15.9 Å². The number of carbonyl (C=O) groups is 1. The number of hydrogen-bond donors (Lipinski definition) is 1. The minimum atomic E-state index is -0.150. The van der Waals surface area contributed by atoms with E-state index in [0.717, 1.165) is 32.6 Å². The highest BCUT2D eigenvalue weighted by Crippen LogP contribution is 2.38. The van der Waals surface area contributed by atoms with Gasteiger partial charge >= 0.3 is 0 Å². The minimum Gasteiger partial charge on any atom is -0.497 e. The first-order chi connectivity index (χ1) is 10.1. The Morgan fingerprint density at radius 2 is 2.10 bits per heavy atom. The van der Waals surface area contributed by atoms with E-state index in [1.54, 1.807) is 7.11 Å². The third-order valence-corrected chi connectivity index (χ3v) is 4.70. The Balaban J connectivity index is 1.96. The summed E-state index contributed by atoms with van der Waals surface area (Å²) in [5, 5.41) is 3.00. The highest BCUT2D eigenvalue weighted by atomic mass is 79.9. The summed E-state index contributed by atoms with van der Waals surface area (Å²) in [5.74, 6) is 0.716. The molecule has 0 aliphatic carbocycles. The van der Waals surface area contributed by atoms with E-state index >= 15 is 0 Å². The molecule has 1 N–H and O–H groups in total. The van der Waals surface area contributed by atoms with Gasteiger partial charge in [-0.1, -0.05) is 34.1 Å². The van der Waals surface area contributed by atoms with Gasteiger partial charge in [-0.15, -0.1) is 0 Å². The Morgan fingerprint density at radius 3 is 2.86 bits per heavy atom. The van der Waals surface area contributed by atoms with Crippen LogP contribution in [0.3, 0.4) is 0 Å². The zero-order chi connectivity index (χ0) is 15.0. The number of amides is 1.